The molecule has 138 valence electrons. The van der Waals surface area contributed by atoms with Gasteiger partial charge in [0.05, 0.1) is 17.0 Å². The fraction of sp³-hybridized carbons (Fsp3) is 0.381. The van der Waals surface area contributed by atoms with Gasteiger partial charge in [0.25, 0.3) is 0 Å². The molecular formula is C21H24ClNO3. The van der Waals surface area contributed by atoms with Crippen molar-refractivity contribution in [2.75, 3.05) is 25.1 Å². The van der Waals surface area contributed by atoms with E-state index in [0.717, 1.165) is 5.56 Å². The van der Waals surface area contributed by atoms with E-state index in [1.165, 1.54) is 5.56 Å². The van der Waals surface area contributed by atoms with Crippen LogP contribution < -0.4 is 10.1 Å². The van der Waals surface area contributed by atoms with E-state index in [1.54, 1.807) is 12.1 Å². The molecule has 2 aromatic carbocycles. The van der Waals surface area contributed by atoms with Crippen molar-refractivity contribution in [1.82, 2.24) is 0 Å². The lowest BCUT2D eigenvalue weighted by Crippen LogP contribution is -2.44. The summed E-state index contributed by atoms with van der Waals surface area (Å²) in [5, 5.41) is 3.53. The molecule has 0 atom stereocenters. The van der Waals surface area contributed by atoms with E-state index in [1.807, 2.05) is 44.2 Å². The lowest BCUT2D eigenvalue weighted by molar-refractivity contribution is -0.125. The summed E-state index contributed by atoms with van der Waals surface area (Å²) in [6.45, 7) is 5.64. The van der Waals surface area contributed by atoms with Gasteiger partial charge in [-0.3, -0.25) is 4.79 Å². The maximum absolute atomic E-state index is 13.3. The van der Waals surface area contributed by atoms with Gasteiger partial charge in [-0.2, -0.15) is 0 Å². The smallest absolute Gasteiger partial charge is 0.235 e. The van der Waals surface area contributed by atoms with Gasteiger partial charge >= 0.3 is 0 Å². The molecule has 1 fully saturated rings. The Morgan fingerprint density at radius 3 is 2.50 bits per heavy atom. The number of hydrogen-bond donors (Lipinski definition) is 1. The van der Waals surface area contributed by atoms with Crippen molar-refractivity contribution in [3.05, 3.63) is 58.6 Å². The lowest BCUT2D eigenvalue weighted by atomic mass is 9.73. The number of amides is 1. The molecule has 0 aromatic heterocycles. The number of rotatable bonds is 5. The van der Waals surface area contributed by atoms with Gasteiger partial charge in [-0.25, -0.2) is 0 Å². The molecule has 1 aliphatic heterocycles. The van der Waals surface area contributed by atoms with E-state index in [9.17, 15) is 4.79 Å². The van der Waals surface area contributed by atoms with Crippen molar-refractivity contribution in [2.24, 2.45) is 0 Å². The van der Waals surface area contributed by atoms with Crippen molar-refractivity contribution in [2.45, 2.75) is 32.1 Å². The molecule has 0 unspecified atom stereocenters. The Kier molecular flexibility index (Phi) is 5.84. The monoisotopic (exact) mass is 373 g/mol. The topological polar surface area (TPSA) is 47.6 Å². The van der Waals surface area contributed by atoms with Gasteiger partial charge in [0.15, 0.2) is 0 Å². The minimum absolute atomic E-state index is 0.0233. The summed E-state index contributed by atoms with van der Waals surface area (Å²) in [4.78, 5) is 13.3. The van der Waals surface area contributed by atoms with Crippen molar-refractivity contribution in [3.8, 4) is 5.75 Å². The van der Waals surface area contributed by atoms with Crippen LogP contribution in [0.1, 0.15) is 30.9 Å². The molecule has 0 bridgehead atoms. The first-order valence-corrected chi connectivity index (χ1v) is 9.31. The number of carbonyl (C=O) groups excluding carboxylic acids is 1. The van der Waals surface area contributed by atoms with Crippen LogP contribution in [0.15, 0.2) is 42.5 Å². The number of hydrogen-bond acceptors (Lipinski definition) is 3. The Hall–Kier alpha value is -2.04. The second-order valence-electron chi connectivity index (χ2n) is 6.59. The highest BCUT2D eigenvalue weighted by molar-refractivity contribution is 6.32. The minimum Gasteiger partial charge on any atom is -0.492 e. The van der Waals surface area contributed by atoms with Crippen LogP contribution in [0.25, 0.3) is 0 Å². The van der Waals surface area contributed by atoms with Gasteiger partial charge in [-0.15, -0.1) is 0 Å². The zero-order valence-electron chi connectivity index (χ0n) is 15.2. The number of aryl methyl sites for hydroxylation is 1. The van der Waals surface area contributed by atoms with E-state index in [0.29, 0.717) is 49.1 Å². The van der Waals surface area contributed by atoms with Crippen LogP contribution in [0.3, 0.4) is 0 Å². The van der Waals surface area contributed by atoms with Crippen LogP contribution in [-0.4, -0.2) is 25.7 Å². The number of nitrogens with one attached hydrogen (secondary N) is 1. The average molecular weight is 374 g/mol. The number of anilines is 1. The molecule has 1 saturated heterocycles. The Bertz CT molecular complexity index is 767. The Morgan fingerprint density at radius 2 is 1.88 bits per heavy atom. The minimum atomic E-state index is -0.586. The first-order chi connectivity index (χ1) is 12.5. The molecule has 5 heteroatoms. The van der Waals surface area contributed by atoms with Crippen molar-refractivity contribution < 1.29 is 14.3 Å². The summed E-state index contributed by atoms with van der Waals surface area (Å²) in [7, 11) is 0. The first-order valence-electron chi connectivity index (χ1n) is 8.94. The van der Waals surface area contributed by atoms with Crippen LogP contribution in [0.2, 0.25) is 5.02 Å². The molecule has 0 aliphatic carbocycles. The molecule has 0 saturated carbocycles. The number of ether oxygens (including phenoxy) is 2. The van der Waals surface area contributed by atoms with Gasteiger partial charge in [-0.05, 0) is 50.5 Å². The molecule has 4 nitrogen and oxygen atoms in total. The fourth-order valence-electron chi connectivity index (χ4n) is 3.34. The quantitative estimate of drug-likeness (QED) is 0.823. The Labute approximate surface area is 159 Å². The highest BCUT2D eigenvalue weighted by atomic mass is 35.5. The summed E-state index contributed by atoms with van der Waals surface area (Å²) in [5.74, 6) is 0.594. The van der Waals surface area contributed by atoms with Gasteiger partial charge < -0.3 is 14.8 Å². The number of halogens is 1. The van der Waals surface area contributed by atoms with Crippen LogP contribution in [0, 0.1) is 6.92 Å². The SMILES string of the molecule is CCOc1ccc(NC(=O)C2(c3ccc(C)cc3)CCOCC2)cc1Cl. The van der Waals surface area contributed by atoms with E-state index in [2.05, 4.69) is 5.32 Å². The third kappa shape index (κ3) is 3.87. The van der Waals surface area contributed by atoms with Gasteiger partial charge in [-0.1, -0.05) is 41.4 Å². The van der Waals surface area contributed by atoms with Crippen LogP contribution in [0.4, 0.5) is 5.69 Å². The average Bonchev–Trinajstić information content (AvgIpc) is 2.65. The standard InChI is InChI=1S/C21H24ClNO3/c1-3-26-19-9-8-17(14-18(19)22)23-20(24)21(10-12-25-13-11-21)16-6-4-15(2)5-7-16/h4-9,14H,3,10-13H2,1-2H3,(H,23,24). The maximum atomic E-state index is 13.3. The molecule has 26 heavy (non-hydrogen) atoms. The predicted molar refractivity (Wildman–Crippen MR) is 104 cm³/mol. The van der Waals surface area contributed by atoms with Crippen molar-refractivity contribution in [1.29, 1.82) is 0 Å². The van der Waals surface area contributed by atoms with Crippen LogP contribution in [0.5, 0.6) is 5.75 Å². The zero-order valence-corrected chi connectivity index (χ0v) is 15.9. The summed E-state index contributed by atoms with van der Waals surface area (Å²) in [5.41, 5.74) is 2.29. The molecular weight excluding hydrogens is 350 g/mol. The molecule has 0 radical (unpaired) electrons. The normalized spacial score (nSPS) is 16.1. The van der Waals surface area contributed by atoms with Crippen LogP contribution in [-0.2, 0) is 14.9 Å². The van der Waals surface area contributed by atoms with Crippen molar-refractivity contribution >= 4 is 23.2 Å². The largest absolute Gasteiger partial charge is 0.492 e. The van der Waals surface area contributed by atoms with Gasteiger partial charge in [0.2, 0.25) is 5.91 Å². The molecule has 1 amide bonds. The maximum Gasteiger partial charge on any atom is 0.235 e. The van der Waals surface area contributed by atoms with Crippen molar-refractivity contribution in [3.63, 3.8) is 0 Å². The molecule has 2 aromatic rings. The zero-order chi connectivity index (χ0) is 18.6. The van der Waals surface area contributed by atoms with E-state index >= 15 is 0 Å². The molecule has 3 rings (SSSR count). The first kappa shape index (κ1) is 18.7. The second-order valence-corrected chi connectivity index (χ2v) is 7.00. The number of carbonyl (C=O) groups is 1. The summed E-state index contributed by atoms with van der Waals surface area (Å²) < 4.78 is 11.0. The highest BCUT2D eigenvalue weighted by Crippen LogP contribution is 2.37. The Morgan fingerprint density at radius 1 is 1.19 bits per heavy atom. The third-order valence-corrected chi connectivity index (χ3v) is 5.17. The third-order valence-electron chi connectivity index (χ3n) is 4.87. The molecule has 1 heterocycles. The molecule has 0 spiro atoms. The Balaban J connectivity index is 1.86. The summed E-state index contributed by atoms with van der Waals surface area (Å²) in [6.07, 6.45) is 1.32. The van der Waals surface area contributed by atoms with Crippen LogP contribution >= 0.6 is 11.6 Å². The second kappa shape index (κ2) is 8.11. The molecule has 1 aliphatic rings. The van der Waals surface area contributed by atoms with Gasteiger partial charge in [0, 0.05) is 18.9 Å². The fourth-order valence-corrected chi connectivity index (χ4v) is 3.58. The van der Waals surface area contributed by atoms with E-state index in [4.69, 9.17) is 21.1 Å². The summed E-state index contributed by atoms with van der Waals surface area (Å²) >= 11 is 6.25. The van der Waals surface area contributed by atoms with E-state index < -0.39 is 5.41 Å². The molecule has 1 N–H and O–H groups in total. The lowest BCUT2D eigenvalue weighted by Gasteiger charge is -2.36. The predicted octanol–water partition coefficient (Wildman–Crippen LogP) is 4.73. The summed E-state index contributed by atoms with van der Waals surface area (Å²) in [6, 6.07) is 13.5. The van der Waals surface area contributed by atoms with E-state index in [-0.39, 0.29) is 5.91 Å². The van der Waals surface area contributed by atoms with Gasteiger partial charge in [0.1, 0.15) is 5.75 Å². The number of benzene rings is 2. The highest BCUT2D eigenvalue weighted by Gasteiger charge is 2.41.